The van der Waals surface area contributed by atoms with E-state index in [-0.39, 0.29) is 17.8 Å². The molecule has 1 aliphatic heterocycles. The normalized spacial score (nSPS) is 15.9. The number of ketones is 1. The van der Waals surface area contributed by atoms with Gasteiger partial charge in [0.1, 0.15) is 5.60 Å². The molecular weight excluding hydrogens is 344 g/mol. The van der Waals surface area contributed by atoms with Crippen molar-refractivity contribution in [2.75, 3.05) is 18.4 Å². The molecule has 5 nitrogen and oxygen atoms in total. The first-order valence-corrected chi connectivity index (χ1v) is 8.27. The molecule has 0 bridgehead atoms. The van der Waals surface area contributed by atoms with Gasteiger partial charge in [-0.15, -0.1) is 11.3 Å². The quantitative estimate of drug-likeness (QED) is 0.613. The minimum Gasteiger partial charge on any atom is -0.444 e. The van der Waals surface area contributed by atoms with Crippen molar-refractivity contribution in [1.29, 1.82) is 0 Å². The Morgan fingerprint density at radius 1 is 1.50 bits per heavy atom. The van der Waals surface area contributed by atoms with E-state index in [9.17, 15) is 9.59 Å². The van der Waals surface area contributed by atoms with Crippen LogP contribution in [0.5, 0.6) is 0 Å². The van der Waals surface area contributed by atoms with E-state index < -0.39 is 5.60 Å². The third-order valence-electron chi connectivity index (χ3n) is 2.80. The van der Waals surface area contributed by atoms with Gasteiger partial charge in [0, 0.05) is 25.2 Å². The number of rotatable bonds is 3. The SMILES string of the molecule is CC(C)(C)OC(=O)N1CC(c2ncc(C(=O)CBr)s2)C1. The first-order valence-electron chi connectivity index (χ1n) is 6.33. The van der Waals surface area contributed by atoms with Crippen molar-refractivity contribution >= 4 is 39.1 Å². The Kier molecular flexibility index (Phi) is 4.49. The Bertz CT molecular complexity index is 518. The van der Waals surface area contributed by atoms with Crippen LogP contribution in [0.1, 0.15) is 41.4 Å². The molecule has 1 amide bonds. The highest BCUT2D eigenvalue weighted by atomic mass is 79.9. The summed E-state index contributed by atoms with van der Waals surface area (Å²) in [6.45, 7) is 6.75. The smallest absolute Gasteiger partial charge is 0.410 e. The van der Waals surface area contributed by atoms with E-state index in [1.165, 1.54) is 11.3 Å². The lowest BCUT2D eigenvalue weighted by molar-refractivity contribution is 0.00817. The van der Waals surface area contributed by atoms with Gasteiger partial charge in [0.2, 0.25) is 0 Å². The second kappa shape index (κ2) is 5.81. The number of Topliss-reactive ketones (excluding diaryl/α,β-unsaturated/α-hetero) is 1. The van der Waals surface area contributed by atoms with Crippen LogP contribution in [0.4, 0.5) is 4.79 Å². The standard InChI is InChI=1S/C13H17BrN2O3S/c1-13(2,3)19-12(18)16-6-8(7-16)11-15-5-10(20-11)9(17)4-14/h5,8H,4,6-7H2,1-3H3. The average molecular weight is 361 g/mol. The molecule has 1 fully saturated rings. The van der Waals surface area contributed by atoms with Gasteiger partial charge in [-0.1, -0.05) is 15.9 Å². The lowest BCUT2D eigenvalue weighted by Gasteiger charge is -2.38. The molecule has 1 saturated heterocycles. The summed E-state index contributed by atoms with van der Waals surface area (Å²) < 4.78 is 5.30. The summed E-state index contributed by atoms with van der Waals surface area (Å²) in [6.07, 6.45) is 1.32. The van der Waals surface area contributed by atoms with E-state index >= 15 is 0 Å². The number of thiazole rings is 1. The highest BCUT2D eigenvalue weighted by Gasteiger charge is 2.36. The lowest BCUT2D eigenvalue weighted by atomic mass is 10.0. The van der Waals surface area contributed by atoms with E-state index in [4.69, 9.17) is 4.74 Å². The summed E-state index contributed by atoms with van der Waals surface area (Å²) in [5.41, 5.74) is -0.473. The van der Waals surface area contributed by atoms with Crippen LogP contribution in [-0.2, 0) is 4.74 Å². The molecule has 0 aliphatic carbocycles. The molecule has 2 rings (SSSR count). The largest absolute Gasteiger partial charge is 0.444 e. The zero-order valence-corrected chi connectivity index (χ0v) is 14.1. The molecule has 1 aromatic rings. The van der Waals surface area contributed by atoms with Gasteiger partial charge >= 0.3 is 6.09 Å². The first-order chi connectivity index (χ1) is 9.30. The monoisotopic (exact) mass is 360 g/mol. The summed E-state index contributed by atoms with van der Waals surface area (Å²) >= 11 is 4.55. The number of likely N-dealkylation sites (tertiary alicyclic amines) is 1. The second-order valence-electron chi connectivity index (χ2n) is 5.70. The van der Waals surface area contributed by atoms with Crippen molar-refractivity contribution in [2.45, 2.75) is 32.3 Å². The number of carbonyl (C=O) groups is 2. The number of halogens is 1. The maximum absolute atomic E-state index is 11.8. The van der Waals surface area contributed by atoms with Crippen LogP contribution < -0.4 is 0 Å². The third-order valence-corrected chi connectivity index (χ3v) is 4.51. The molecule has 7 heteroatoms. The third kappa shape index (κ3) is 3.58. The minimum atomic E-state index is -0.473. The topological polar surface area (TPSA) is 59.5 Å². The molecule has 0 spiro atoms. The van der Waals surface area contributed by atoms with E-state index in [1.54, 1.807) is 11.1 Å². The van der Waals surface area contributed by atoms with E-state index in [2.05, 4.69) is 20.9 Å². The van der Waals surface area contributed by atoms with Crippen LogP contribution in [0.25, 0.3) is 0 Å². The Hall–Kier alpha value is -0.950. The highest BCUT2D eigenvalue weighted by Crippen LogP contribution is 2.31. The van der Waals surface area contributed by atoms with Gasteiger partial charge in [-0.3, -0.25) is 4.79 Å². The van der Waals surface area contributed by atoms with Crippen LogP contribution in [0.2, 0.25) is 0 Å². The molecule has 2 heterocycles. The predicted octanol–water partition coefficient (Wildman–Crippen LogP) is 3.06. The molecule has 20 heavy (non-hydrogen) atoms. The van der Waals surface area contributed by atoms with E-state index in [1.807, 2.05) is 20.8 Å². The molecule has 1 aliphatic rings. The number of alkyl halides is 1. The number of nitrogens with zero attached hydrogens (tertiary/aromatic N) is 2. The van der Waals surface area contributed by atoms with Crippen molar-refractivity contribution in [2.24, 2.45) is 0 Å². The second-order valence-corrected chi connectivity index (χ2v) is 7.32. The van der Waals surface area contributed by atoms with Crippen LogP contribution in [0.3, 0.4) is 0 Å². The number of hydrogen-bond acceptors (Lipinski definition) is 5. The van der Waals surface area contributed by atoms with Gasteiger partial charge in [-0.05, 0) is 20.8 Å². The Morgan fingerprint density at radius 3 is 2.70 bits per heavy atom. The molecule has 1 aromatic heterocycles. The molecule has 110 valence electrons. The number of aromatic nitrogens is 1. The minimum absolute atomic E-state index is 0.0390. The molecule has 0 N–H and O–H groups in total. The molecule has 0 saturated carbocycles. The van der Waals surface area contributed by atoms with Crippen LogP contribution in [0.15, 0.2) is 6.20 Å². The number of hydrogen-bond donors (Lipinski definition) is 0. The summed E-state index contributed by atoms with van der Waals surface area (Å²) in [7, 11) is 0. The summed E-state index contributed by atoms with van der Waals surface area (Å²) in [6, 6.07) is 0. The maximum atomic E-state index is 11.8. The Balaban J connectivity index is 1.89. The van der Waals surface area contributed by atoms with E-state index in [0.29, 0.717) is 23.3 Å². The molecule has 0 aromatic carbocycles. The number of amides is 1. The maximum Gasteiger partial charge on any atom is 0.410 e. The highest BCUT2D eigenvalue weighted by molar-refractivity contribution is 9.09. The van der Waals surface area contributed by atoms with Gasteiger partial charge < -0.3 is 9.64 Å². The van der Waals surface area contributed by atoms with Gasteiger partial charge in [0.15, 0.2) is 5.78 Å². The zero-order valence-electron chi connectivity index (χ0n) is 11.7. The van der Waals surface area contributed by atoms with Gasteiger partial charge in [0.05, 0.1) is 15.2 Å². The summed E-state index contributed by atoms with van der Waals surface area (Å²) in [5.74, 6) is 0.251. The lowest BCUT2D eigenvalue weighted by Crippen LogP contribution is -2.50. The van der Waals surface area contributed by atoms with Gasteiger partial charge in [-0.2, -0.15) is 0 Å². The molecular formula is C13H17BrN2O3S. The van der Waals surface area contributed by atoms with Gasteiger partial charge in [-0.25, -0.2) is 9.78 Å². The average Bonchev–Trinajstić information content (AvgIpc) is 2.72. The first kappa shape index (κ1) is 15.4. The number of carbonyl (C=O) groups excluding carboxylic acids is 2. The Morgan fingerprint density at radius 2 is 2.15 bits per heavy atom. The molecule has 0 atom stereocenters. The zero-order chi connectivity index (χ0) is 14.9. The van der Waals surface area contributed by atoms with Crippen LogP contribution >= 0.6 is 27.3 Å². The van der Waals surface area contributed by atoms with Gasteiger partial charge in [0.25, 0.3) is 0 Å². The van der Waals surface area contributed by atoms with Crippen molar-refractivity contribution in [3.63, 3.8) is 0 Å². The fourth-order valence-electron chi connectivity index (χ4n) is 1.78. The van der Waals surface area contributed by atoms with Crippen molar-refractivity contribution in [3.05, 3.63) is 16.1 Å². The van der Waals surface area contributed by atoms with Crippen molar-refractivity contribution in [3.8, 4) is 0 Å². The van der Waals surface area contributed by atoms with Crippen molar-refractivity contribution in [1.82, 2.24) is 9.88 Å². The Labute approximate surface area is 130 Å². The summed E-state index contributed by atoms with van der Waals surface area (Å²) in [5, 5.41) is 1.22. The van der Waals surface area contributed by atoms with E-state index in [0.717, 1.165) is 5.01 Å². The van der Waals surface area contributed by atoms with Crippen molar-refractivity contribution < 1.29 is 14.3 Å². The number of ether oxygens (including phenoxy) is 1. The van der Waals surface area contributed by atoms with Crippen LogP contribution in [0, 0.1) is 0 Å². The van der Waals surface area contributed by atoms with Crippen LogP contribution in [-0.4, -0.2) is 45.8 Å². The fraction of sp³-hybridized carbons (Fsp3) is 0.615. The fourth-order valence-corrected chi connectivity index (χ4v) is 3.21. The molecule has 0 unspecified atom stereocenters. The summed E-state index contributed by atoms with van der Waals surface area (Å²) in [4.78, 5) is 29.9. The predicted molar refractivity (Wildman–Crippen MR) is 80.8 cm³/mol. The molecule has 0 radical (unpaired) electrons.